The fourth-order valence-corrected chi connectivity index (χ4v) is 19.8. The molecule has 8 heterocycles. The number of benzene rings is 16. The molecule has 0 saturated carbocycles. The number of rotatable bonds is 6. The summed E-state index contributed by atoms with van der Waals surface area (Å²) in [5.74, 6) is -2.35. The summed E-state index contributed by atoms with van der Waals surface area (Å²) >= 11 is 0. The number of aromatic nitrogens is 4. The van der Waals surface area contributed by atoms with Crippen molar-refractivity contribution in [3.63, 3.8) is 0 Å². The van der Waals surface area contributed by atoms with Gasteiger partial charge in [-0.2, -0.15) is 4.57 Å². The molecular weight excluding hydrogens is 1500 g/mol. The van der Waals surface area contributed by atoms with Gasteiger partial charge in [0.15, 0.2) is 18.6 Å². The highest BCUT2D eigenvalue weighted by molar-refractivity contribution is 6.28. The van der Waals surface area contributed by atoms with Gasteiger partial charge >= 0.3 is 0 Å². The van der Waals surface area contributed by atoms with Crippen LogP contribution in [0.5, 0.6) is 0 Å². The molecule has 8 heteroatoms. The van der Waals surface area contributed by atoms with Crippen molar-refractivity contribution in [2.24, 2.45) is 28.2 Å². The van der Waals surface area contributed by atoms with E-state index in [1.807, 2.05) is 81.7 Å². The molecule has 24 aromatic rings. The highest BCUT2D eigenvalue weighted by atomic mass is 16.3. The molecule has 594 valence electrons. The summed E-state index contributed by atoms with van der Waals surface area (Å²) in [4.78, 5) is 0. The van der Waals surface area contributed by atoms with Gasteiger partial charge in [-0.25, -0.2) is 13.7 Å². The Labute approximate surface area is 720 Å². The maximum absolute atomic E-state index is 8.57. The number of hydrogen-bond acceptors (Lipinski definition) is 4. The van der Waals surface area contributed by atoms with E-state index in [0.29, 0.717) is 5.56 Å². The molecule has 0 saturated heterocycles. The predicted octanol–water partition coefficient (Wildman–Crippen LogP) is 29.3. The quantitative estimate of drug-likeness (QED) is 0.156. The normalized spacial score (nSPS) is 13.2. The second-order valence-corrected chi connectivity index (χ2v) is 33.4. The molecule has 0 bridgehead atoms. The molecule has 24 rings (SSSR count). The zero-order chi connectivity index (χ0) is 88.2. The lowest BCUT2D eigenvalue weighted by Crippen LogP contribution is -2.32. The Morgan fingerprint density at radius 1 is 0.276 bits per heavy atom. The number of pyridine rings is 4. The van der Waals surface area contributed by atoms with Crippen LogP contribution in [0.2, 0.25) is 0 Å². The van der Waals surface area contributed by atoms with Crippen molar-refractivity contribution in [1.29, 1.82) is 0 Å². The van der Waals surface area contributed by atoms with E-state index < -0.39 is 18.6 Å². The maximum Gasteiger partial charge on any atom is 0.224 e. The lowest BCUT2D eigenvalue weighted by atomic mass is 9.91. The minimum atomic E-state index is -2.43. The fraction of sp³-hybridized carbons (Fsp3) is 0.130. The van der Waals surface area contributed by atoms with Crippen LogP contribution in [0.4, 0.5) is 0 Å². The molecule has 0 fully saturated rings. The van der Waals surface area contributed by atoms with E-state index in [0.717, 1.165) is 127 Å². The van der Waals surface area contributed by atoms with Crippen LogP contribution in [-0.2, 0) is 28.2 Å². The summed E-state index contributed by atoms with van der Waals surface area (Å²) in [5.41, 5.74) is 25.1. The van der Waals surface area contributed by atoms with Gasteiger partial charge in [-0.05, 0) is 193 Å². The van der Waals surface area contributed by atoms with Crippen molar-refractivity contribution < 1.29 is 42.8 Å². The van der Waals surface area contributed by atoms with Crippen LogP contribution in [0.3, 0.4) is 0 Å². The second-order valence-electron chi connectivity index (χ2n) is 33.4. The Bertz CT molecular complexity index is 8780. The van der Waals surface area contributed by atoms with Crippen molar-refractivity contribution in [3.05, 3.63) is 361 Å². The van der Waals surface area contributed by atoms with Gasteiger partial charge in [0.2, 0.25) is 28.3 Å². The van der Waals surface area contributed by atoms with E-state index in [9.17, 15) is 0 Å². The van der Waals surface area contributed by atoms with Crippen molar-refractivity contribution in [2.75, 3.05) is 0 Å². The number of furan rings is 4. The Balaban J connectivity index is 0.000000104. The average molecular weight is 1600 g/mol. The van der Waals surface area contributed by atoms with Gasteiger partial charge in [-0.15, -0.1) is 0 Å². The molecule has 123 heavy (non-hydrogen) atoms. The van der Waals surface area contributed by atoms with Crippen molar-refractivity contribution >= 4 is 174 Å². The lowest BCUT2D eigenvalue weighted by Gasteiger charge is -2.13. The van der Waals surface area contributed by atoms with Crippen LogP contribution in [0.25, 0.3) is 219 Å². The SMILES string of the molecule is Cc1c(-c2cc(C)c3ccccc3[n+]2C)c2oc3ccccc3c2c2ccccc12.Cc1c(-c2cc3ccccc3c[n+]2C)c2oc3ccccc3c2c2ccccc12.[2H]C(C)(C)c1ccc2c(-c3c(C)c4ccccc4c4c3oc3ccccc34)[n+](C)ccc2c1.[2H]C([2H])([2H])C([2H])(C)c1ccc2c(-c3c(C)c4ccccc4c4c3oc3ccccc34)[n+](C)ccc2c1. The standard InChI is InChI=1S/2C30H26NO.C28H22NO.C27H20NO/c2*1-18(2)20-13-14-23-21(17-20)15-16-31(4)29(23)27-19(3)22-9-5-6-10-24(22)28-25-11-7-8-12-26(25)32-30(27)28;1-17-16-24(29(3)23-14-8-6-10-19(17)23)26-18(2)20-11-4-5-12-21(20)27-22-13-7-9-15-25(22)30-28(26)27;1-17-20-11-5-6-12-21(20)26-22-13-7-8-14-24(22)29-27(26)25(17)23-15-18-9-3-4-10-19(18)16-28(23)2/h2*5-18H,1-4H3;4-16H,1-3H3;3-16H,1-2H3/q4*+1/i1D3,18D;18D;;. The number of para-hydroxylation sites is 5. The first kappa shape index (κ1) is 70.3. The van der Waals surface area contributed by atoms with E-state index in [4.69, 9.17) is 24.5 Å². The third-order valence-corrected chi connectivity index (χ3v) is 25.9. The summed E-state index contributed by atoms with van der Waals surface area (Å²) in [7, 11) is 8.38. The molecule has 16 aromatic carbocycles. The number of hydrogen-bond donors (Lipinski definition) is 0. The second kappa shape index (κ2) is 30.0. The third-order valence-electron chi connectivity index (χ3n) is 25.9. The monoisotopic (exact) mass is 1600 g/mol. The van der Waals surface area contributed by atoms with Crippen LogP contribution in [0, 0.1) is 34.6 Å². The minimum Gasteiger partial charge on any atom is -0.455 e. The van der Waals surface area contributed by atoms with Gasteiger partial charge in [-0.3, -0.25) is 0 Å². The van der Waals surface area contributed by atoms with E-state index in [-0.39, 0.29) is 0 Å². The molecule has 0 spiro atoms. The zero-order valence-electron chi connectivity index (χ0n) is 76.0. The number of nitrogens with zero attached hydrogens (tertiary/aromatic N) is 4. The van der Waals surface area contributed by atoms with Crippen molar-refractivity contribution in [2.45, 2.75) is 74.0 Å². The van der Waals surface area contributed by atoms with Crippen LogP contribution < -0.4 is 18.3 Å². The topological polar surface area (TPSA) is 68.1 Å². The van der Waals surface area contributed by atoms with E-state index >= 15 is 0 Å². The first-order valence-electron chi connectivity index (χ1n) is 44.8. The smallest absolute Gasteiger partial charge is 0.224 e. The summed E-state index contributed by atoms with van der Waals surface area (Å²) in [6.07, 6.45) is 6.30. The van der Waals surface area contributed by atoms with Gasteiger partial charge in [-0.1, -0.05) is 252 Å². The molecule has 0 aliphatic carbocycles. The Hall–Kier alpha value is -14.6. The highest BCUT2D eigenvalue weighted by Crippen LogP contribution is 2.50. The van der Waals surface area contributed by atoms with Crippen LogP contribution in [0.1, 0.15) is 85.2 Å². The molecular formula is C115H94N4O4+4. The summed E-state index contributed by atoms with van der Waals surface area (Å²) in [5, 5.41) is 27.0. The Kier molecular flexibility index (Phi) is 17.1. The van der Waals surface area contributed by atoms with Crippen LogP contribution in [0.15, 0.2) is 340 Å². The maximum atomic E-state index is 8.57. The van der Waals surface area contributed by atoms with Crippen LogP contribution >= 0.6 is 0 Å². The highest BCUT2D eigenvalue weighted by Gasteiger charge is 2.32. The van der Waals surface area contributed by atoms with E-state index in [1.165, 1.54) is 132 Å². The largest absolute Gasteiger partial charge is 0.455 e. The number of aryl methyl sites for hydroxylation is 9. The summed E-state index contributed by atoms with van der Waals surface area (Å²) < 4.78 is 75.6. The summed E-state index contributed by atoms with van der Waals surface area (Å²) in [6, 6.07) is 105. The predicted molar refractivity (Wildman–Crippen MR) is 513 cm³/mol. The molecule has 0 aliphatic heterocycles. The Morgan fingerprint density at radius 2 is 0.602 bits per heavy atom. The van der Waals surface area contributed by atoms with Gasteiger partial charge in [0.1, 0.15) is 72.9 Å². The lowest BCUT2D eigenvalue weighted by molar-refractivity contribution is -0.659. The molecule has 1 atom stereocenters. The van der Waals surface area contributed by atoms with E-state index in [1.54, 1.807) is 6.07 Å². The first-order chi connectivity index (χ1) is 61.8. The number of fused-ring (bicyclic) bond motifs is 24. The molecule has 0 amide bonds. The molecule has 0 radical (unpaired) electrons. The van der Waals surface area contributed by atoms with Gasteiger partial charge < -0.3 is 17.7 Å². The van der Waals surface area contributed by atoms with Gasteiger partial charge in [0.25, 0.3) is 0 Å². The third kappa shape index (κ3) is 12.3. The molecule has 0 aliphatic rings. The van der Waals surface area contributed by atoms with Crippen molar-refractivity contribution in [1.82, 2.24) is 0 Å². The van der Waals surface area contributed by atoms with E-state index in [2.05, 4.69) is 329 Å². The van der Waals surface area contributed by atoms with Crippen LogP contribution in [-0.4, -0.2) is 0 Å². The summed E-state index contributed by atoms with van der Waals surface area (Å²) in [6.45, 7) is 13.8. The fourth-order valence-electron chi connectivity index (χ4n) is 19.8. The average Bonchev–Trinajstić information content (AvgIpc) is 1.54. The minimum absolute atomic E-state index is 0.471. The van der Waals surface area contributed by atoms with Gasteiger partial charge in [0.05, 0.1) is 33.0 Å². The van der Waals surface area contributed by atoms with Crippen molar-refractivity contribution in [3.8, 4) is 45.0 Å². The molecule has 0 N–H and O–H groups in total. The first-order valence-corrected chi connectivity index (χ1v) is 42.3. The molecule has 8 aromatic heterocycles. The molecule has 8 nitrogen and oxygen atoms in total. The van der Waals surface area contributed by atoms with Gasteiger partial charge in [0, 0.05) is 91.0 Å². The molecule has 1 unspecified atom stereocenters. The zero-order valence-corrected chi connectivity index (χ0v) is 71.0. The Morgan fingerprint density at radius 3 is 1.00 bits per heavy atom.